The standard InChI is InChI=1S/C11H10ClN3S/c1-8-6-13-15-11(14-8)16-7-9-3-2-4-10(12)5-9/h2-6H,7H2,1H3. The zero-order valence-electron chi connectivity index (χ0n) is 8.72. The topological polar surface area (TPSA) is 38.7 Å². The molecule has 0 amide bonds. The van der Waals surface area contributed by atoms with Crippen molar-refractivity contribution in [3.63, 3.8) is 0 Å². The molecule has 1 heterocycles. The predicted molar refractivity (Wildman–Crippen MR) is 65.6 cm³/mol. The van der Waals surface area contributed by atoms with Gasteiger partial charge in [-0.05, 0) is 24.6 Å². The predicted octanol–water partition coefficient (Wildman–Crippen LogP) is 3.13. The number of hydrogen-bond donors (Lipinski definition) is 0. The number of rotatable bonds is 3. The van der Waals surface area contributed by atoms with Crippen LogP contribution in [0.5, 0.6) is 0 Å². The number of halogens is 1. The van der Waals surface area contributed by atoms with Gasteiger partial charge in [-0.25, -0.2) is 4.98 Å². The normalized spacial score (nSPS) is 10.4. The van der Waals surface area contributed by atoms with E-state index in [4.69, 9.17) is 11.6 Å². The quantitative estimate of drug-likeness (QED) is 0.786. The van der Waals surface area contributed by atoms with Crippen molar-refractivity contribution in [1.82, 2.24) is 15.2 Å². The van der Waals surface area contributed by atoms with Crippen molar-refractivity contribution in [3.8, 4) is 0 Å². The van der Waals surface area contributed by atoms with Gasteiger partial charge in [0, 0.05) is 10.8 Å². The maximum Gasteiger partial charge on any atom is 0.209 e. The molecule has 2 rings (SSSR count). The Bertz CT molecular complexity index is 445. The van der Waals surface area contributed by atoms with Gasteiger partial charge in [-0.2, -0.15) is 5.10 Å². The van der Waals surface area contributed by atoms with Crippen LogP contribution in [0.25, 0.3) is 0 Å². The average molecular weight is 252 g/mol. The van der Waals surface area contributed by atoms with E-state index in [2.05, 4.69) is 15.2 Å². The monoisotopic (exact) mass is 251 g/mol. The number of aryl methyl sites for hydroxylation is 1. The number of aromatic nitrogens is 3. The van der Waals surface area contributed by atoms with Crippen molar-refractivity contribution in [2.75, 3.05) is 0 Å². The van der Waals surface area contributed by atoms with E-state index in [0.717, 1.165) is 22.0 Å². The number of nitrogens with zero attached hydrogens (tertiary/aromatic N) is 3. The summed E-state index contributed by atoms with van der Waals surface area (Å²) in [5.74, 6) is 0.797. The zero-order valence-corrected chi connectivity index (χ0v) is 10.3. The molecule has 16 heavy (non-hydrogen) atoms. The summed E-state index contributed by atoms with van der Waals surface area (Å²) >= 11 is 7.45. The van der Waals surface area contributed by atoms with Gasteiger partial charge in [0.25, 0.3) is 0 Å². The SMILES string of the molecule is Cc1cnnc(SCc2cccc(Cl)c2)n1. The molecule has 0 saturated heterocycles. The molecule has 0 radical (unpaired) electrons. The van der Waals surface area contributed by atoms with E-state index in [1.807, 2.05) is 31.2 Å². The maximum absolute atomic E-state index is 5.90. The first-order valence-corrected chi connectivity index (χ1v) is 6.14. The van der Waals surface area contributed by atoms with E-state index in [9.17, 15) is 0 Å². The molecule has 0 fully saturated rings. The first-order valence-electron chi connectivity index (χ1n) is 4.77. The highest BCUT2D eigenvalue weighted by Gasteiger charge is 2.00. The van der Waals surface area contributed by atoms with Crippen LogP contribution in [0.15, 0.2) is 35.6 Å². The largest absolute Gasteiger partial charge is 0.225 e. The highest BCUT2D eigenvalue weighted by molar-refractivity contribution is 7.98. The smallest absolute Gasteiger partial charge is 0.209 e. The molecule has 1 aromatic heterocycles. The van der Waals surface area contributed by atoms with E-state index in [0.29, 0.717) is 5.16 Å². The molecule has 0 aliphatic carbocycles. The minimum Gasteiger partial charge on any atom is -0.225 e. The fraction of sp³-hybridized carbons (Fsp3) is 0.182. The lowest BCUT2D eigenvalue weighted by molar-refractivity contribution is 0.816. The second kappa shape index (κ2) is 5.27. The molecule has 0 N–H and O–H groups in total. The molecule has 0 unspecified atom stereocenters. The van der Waals surface area contributed by atoms with Crippen LogP contribution in [0.1, 0.15) is 11.3 Å². The van der Waals surface area contributed by atoms with E-state index < -0.39 is 0 Å². The Morgan fingerprint density at radius 2 is 2.25 bits per heavy atom. The fourth-order valence-electron chi connectivity index (χ4n) is 1.20. The van der Waals surface area contributed by atoms with Gasteiger partial charge in [0.15, 0.2) is 0 Å². The number of hydrogen-bond acceptors (Lipinski definition) is 4. The molecule has 2 aromatic rings. The Balaban J connectivity index is 2.02. The minimum atomic E-state index is 0.694. The van der Waals surface area contributed by atoms with Crippen LogP contribution in [-0.2, 0) is 5.75 Å². The van der Waals surface area contributed by atoms with Gasteiger partial charge < -0.3 is 0 Å². The molecule has 1 aromatic carbocycles. The summed E-state index contributed by atoms with van der Waals surface area (Å²) in [7, 11) is 0. The Kier molecular flexibility index (Phi) is 3.74. The number of thioether (sulfide) groups is 1. The second-order valence-electron chi connectivity index (χ2n) is 3.30. The lowest BCUT2D eigenvalue weighted by atomic mass is 10.2. The van der Waals surface area contributed by atoms with Crippen LogP contribution in [0.4, 0.5) is 0 Å². The van der Waals surface area contributed by atoms with Crippen molar-refractivity contribution >= 4 is 23.4 Å². The maximum atomic E-state index is 5.90. The molecule has 3 nitrogen and oxygen atoms in total. The molecule has 0 bridgehead atoms. The molecule has 0 spiro atoms. The fourth-order valence-corrected chi connectivity index (χ4v) is 2.20. The van der Waals surface area contributed by atoms with Crippen molar-refractivity contribution in [2.24, 2.45) is 0 Å². The van der Waals surface area contributed by atoms with E-state index >= 15 is 0 Å². The second-order valence-corrected chi connectivity index (χ2v) is 4.68. The highest BCUT2D eigenvalue weighted by Crippen LogP contribution is 2.20. The minimum absolute atomic E-state index is 0.694. The van der Waals surface area contributed by atoms with E-state index in [-0.39, 0.29) is 0 Å². The van der Waals surface area contributed by atoms with E-state index in [1.165, 1.54) is 0 Å². The summed E-state index contributed by atoms with van der Waals surface area (Å²) in [6, 6.07) is 7.77. The summed E-state index contributed by atoms with van der Waals surface area (Å²) in [5.41, 5.74) is 2.03. The van der Waals surface area contributed by atoms with Crippen molar-refractivity contribution in [1.29, 1.82) is 0 Å². The molecule has 5 heteroatoms. The van der Waals surface area contributed by atoms with Crippen LogP contribution >= 0.6 is 23.4 Å². The summed E-state index contributed by atoms with van der Waals surface area (Å²) < 4.78 is 0. The lowest BCUT2D eigenvalue weighted by Gasteiger charge is -2.01. The highest BCUT2D eigenvalue weighted by atomic mass is 35.5. The van der Waals surface area contributed by atoms with Crippen molar-refractivity contribution < 1.29 is 0 Å². The van der Waals surface area contributed by atoms with Gasteiger partial charge in [-0.15, -0.1) is 5.10 Å². The molecular formula is C11H10ClN3S. The van der Waals surface area contributed by atoms with Crippen LogP contribution in [-0.4, -0.2) is 15.2 Å². The summed E-state index contributed by atoms with van der Waals surface area (Å²) in [5, 5.41) is 9.25. The molecular weight excluding hydrogens is 242 g/mol. The first-order chi connectivity index (χ1) is 7.74. The Morgan fingerprint density at radius 1 is 1.38 bits per heavy atom. The molecule has 0 aliphatic heterocycles. The number of benzene rings is 1. The molecule has 0 aliphatic rings. The van der Waals surface area contributed by atoms with Gasteiger partial charge >= 0.3 is 0 Å². The van der Waals surface area contributed by atoms with Gasteiger partial charge in [0.2, 0.25) is 5.16 Å². The summed E-state index contributed by atoms with van der Waals surface area (Å²) in [4.78, 5) is 4.27. The van der Waals surface area contributed by atoms with Crippen molar-refractivity contribution in [3.05, 3.63) is 46.7 Å². The Labute approximate surface area is 103 Å². The van der Waals surface area contributed by atoms with E-state index in [1.54, 1.807) is 18.0 Å². The van der Waals surface area contributed by atoms with Gasteiger partial charge in [0.1, 0.15) is 0 Å². The molecule has 0 atom stereocenters. The van der Waals surface area contributed by atoms with Gasteiger partial charge in [-0.3, -0.25) is 0 Å². The van der Waals surface area contributed by atoms with Crippen LogP contribution in [0.2, 0.25) is 5.02 Å². The zero-order chi connectivity index (χ0) is 11.4. The van der Waals surface area contributed by atoms with Crippen LogP contribution in [0.3, 0.4) is 0 Å². The van der Waals surface area contributed by atoms with Crippen LogP contribution < -0.4 is 0 Å². The third-order valence-electron chi connectivity index (χ3n) is 1.92. The van der Waals surface area contributed by atoms with Crippen molar-refractivity contribution in [2.45, 2.75) is 17.8 Å². The third-order valence-corrected chi connectivity index (χ3v) is 3.06. The molecule has 82 valence electrons. The van der Waals surface area contributed by atoms with Gasteiger partial charge in [0.05, 0.1) is 11.9 Å². The third kappa shape index (κ3) is 3.18. The van der Waals surface area contributed by atoms with Crippen LogP contribution in [0, 0.1) is 6.92 Å². The average Bonchev–Trinajstić information content (AvgIpc) is 2.27. The van der Waals surface area contributed by atoms with Gasteiger partial charge in [-0.1, -0.05) is 35.5 Å². The first kappa shape index (κ1) is 11.4. The Morgan fingerprint density at radius 3 is 3.00 bits per heavy atom. The lowest BCUT2D eigenvalue weighted by Crippen LogP contribution is -1.92. The summed E-state index contributed by atoms with van der Waals surface area (Å²) in [6.45, 7) is 1.90. The molecule has 0 saturated carbocycles. The Hall–Kier alpha value is -1.13. The summed E-state index contributed by atoms with van der Waals surface area (Å²) in [6.07, 6.45) is 1.64.